The minimum absolute atomic E-state index is 0.0444. The molecule has 2 aliphatic heterocycles. The van der Waals surface area contributed by atoms with E-state index in [0.717, 1.165) is 11.1 Å². The SMILES string of the molecule is Cc1cc2c(cc1C)N(C[C@H](O)[C@H](O)CCOC(C)C#CO)C1C(=N2)C(=O)NC(=O)N1C. The minimum atomic E-state index is -1.19. The molecule has 2 aliphatic rings. The molecule has 1 aromatic carbocycles. The number of hydrogen-bond acceptors (Lipinski definition) is 8. The standard InChI is InChI=1S/C22H28N4O6/c1-12-9-15-16(10-13(12)2)26(21-19(23-15)20(30)24-22(31)25(21)4)11-18(29)17(28)6-8-32-14(3)5-7-27/h9-10,14,17-18,21,27-29H,6,8,11H2,1-4H3,(H,24,30,31)/t14?,17-,18+,21?/m1/s1. The molecule has 10 heteroatoms. The van der Waals surface area contributed by atoms with Gasteiger partial charge in [-0.25, -0.2) is 9.79 Å². The quantitative estimate of drug-likeness (QED) is 0.451. The van der Waals surface area contributed by atoms with Gasteiger partial charge in [-0.3, -0.25) is 10.1 Å². The van der Waals surface area contributed by atoms with Crippen LogP contribution in [0, 0.1) is 25.9 Å². The number of aliphatic imine (C=N–C) groups is 1. The number of carbonyl (C=O) groups is 2. The highest BCUT2D eigenvalue weighted by molar-refractivity contribution is 6.46. The number of benzene rings is 1. The van der Waals surface area contributed by atoms with Crippen LogP contribution in [0.3, 0.4) is 0 Å². The molecule has 0 aliphatic carbocycles. The number of aliphatic hydroxyl groups is 3. The Morgan fingerprint density at radius 1 is 1.22 bits per heavy atom. The summed E-state index contributed by atoms with van der Waals surface area (Å²) in [6.07, 6.45) is -1.75. The van der Waals surface area contributed by atoms with Gasteiger partial charge in [0, 0.05) is 13.6 Å². The maximum Gasteiger partial charge on any atom is 0.326 e. The van der Waals surface area contributed by atoms with E-state index in [0.29, 0.717) is 11.4 Å². The van der Waals surface area contributed by atoms with Gasteiger partial charge in [-0.05, 0) is 56.4 Å². The molecule has 2 unspecified atom stereocenters. The molecule has 1 aromatic rings. The average Bonchev–Trinajstić information content (AvgIpc) is 2.73. The number of anilines is 1. The molecule has 1 fully saturated rings. The summed E-state index contributed by atoms with van der Waals surface area (Å²) in [4.78, 5) is 32.3. The molecule has 4 N–H and O–H groups in total. The third-order valence-electron chi connectivity index (χ3n) is 5.70. The van der Waals surface area contributed by atoms with Crippen molar-refractivity contribution in [3.8, 4) is 12.0 Å². The summed E-state index contributed by atoms with van der Waals surface area (Å²) >= 11 is 0. The van der Waals surface area contributed by atoms with Crippen LogP contribution in [-0.4, -0.2) is 82.5 Å². The number of amides is 3. The molecular weight excluding hydrogens is 416 g/mol. The van der Waals surface area contributed by atoms with Gasteiger partial charge in [-0.2, -0.15) is 0 Å². The van der Waals surface area contributed by atoms with Gasteiger partial charge in [0.25, 0.3) is 5.91 Å². The summed E-state index contributed by atoms with van der Waals surface area (Å²) in [7, 11) is 1.54. The number of nitrogens with one attached hydrogen (secondary N) is 1. The number of ether oxygens (including phenoxy) is 1. The molecule has 1 saturated heterocycles. The molecule has 172 valence electrons. The molecule has 10 nitrogen and oxygen atoms in total. The first kappa shape index (κ1) is 23.5. The Morgan fingerprint density at radius 3 is 2.59 bits per heavy atom. The molecule has 3 amide bonds. The highest BCUT2D eigenvalue weighted by atomic mass is 16.5. The summed E-state index contributed by atoms with van der Waals surface area (Å²) in [6, 6.07) is 3.18. The van der Waals surface area contributed by atoms with E-state index in [2.05, 4.69) is 16.2 Å². The maximum atomic E-state index is 12.5. The van der Waals surface area contributed by atoms with Crippen LogP contribution in [0.4, 0.5) is 16.2 Å². The van der Waals surface area contributed by atoms with Gasteiger partial charge < -0.3 is 29.9 Å². The van der Waals surface area contributed by atoms with E-state index in [-0.39, 0.29) is 25.3 Å². The number of aliphatic hydroxyl groups excluding tert-OH is 3. The number of rotatable bonds is 7. The van der Waals surface area contributed by atoms with Crippen molar-refractivity contribution in [2.24, 2.45) is 4.99 Å². The Morgan fingerprint density at radius 2 is 1.91 bits per heavy atom. The Labute approximate surface area is 186 Å². The first-order chi connectivity index (χ1) is 15.1. The van der Waals surface area contributed by atoms with E-state index in [1.165, 1.54) is 4.90 Å². The van der Waals surface area contributed by atoms with Gasteiger partial charge in [-0.15, -0.1) is 0 Å². The van der Waals surface area contributed by atoms with Crippen LogP contribution in [0.15, 0.2) is 17.1 Å². The lowest BCUT2D eigenvalue weighted by atomic mass is 10.0. The second kappa shape index (κ2) is 9.56. The lowest BCUT2D eigenvalue weighted by Crippen LogP contribution is -2.67. The molecule has 0 aromatic heterocycles. The van der Waals surface area contributed by atoms with Crippen LogP contribution < -0.4 is 10.2 Å². The number of β-amino-alcohol motifs (C(OH)–C–C–N with tert-alkyl or cyclic N) is 1. The van der Waals surface area contributed by atoms with Gasteiger partial charge in [0.15, 0.2) is 6.17 Å². The summed E-state index contributed by atoms with van der Waals surface area (Å²) in [5.74, 6) is 1.83. The second-order valence-electron chi connectivity index (χ2n) is 8.01. The van der Waals surface area contributed by atoms with E-state index in [1.807, 2.05) is 26.0 Å². The molecule has 32 heavy (non-hydrogen) atoms. The molecule has 0 radical (unpaired) electrons. The topological polar surface area (TPSA) is 135 Å². The first-order valence-corrected chi connectivity index (χ1v) is 10.3. The molecular formula is C22H28N4O6. The highest BCUT2D eigenvalue weighted by Crippen LogP contribution is 2.38. The van der Waals surface area contributed by atoms with Crippen LogP contribution >= 0.6 is 0 Å². The van der Waals surface area contributed by atoms with E-state index in [4.69, 9.17) is 9.84 Å². The van der Waals surface area contributed by atoms with Crippen LogP contribution in [-0.2, 0) is 9.53 Å². The second-order valence-corrected chi connectivity index (χ2v) is 8.01. The maximum absolute atomic E-state index is 12.5. The van der Waals surface area contributed by atoms with Gasteiger partial charge in [-0.1, -0.05) is 0 Å². The molecule has 3 rings (SSSR count). The molecule has 2 heterocycles. The van der Waals surface area contributed by atoms with Gasteiger partial charge >= 0.3 is 6.03 Å². The zero-order valence-corrected chi connectivity index (χ0v) is 18.5. The van der Waals surface area contributed by atoms with E-state index in [9.17, 15) is 19.8 Å². The zero-order valence-electron chi connectivity index (χ0n) is 18.5. The molecule has 0 bridgehead atoms. The van der Waals surface area contributed by atoms with Crippen LogP contribution in [0.25, 0.3) is 0 Å². The fraction of sp³-hybridized carbons (Fsp3) is 0.500. The van der Waals surface area contributed by atoms with Crippen molar-refractivity contribution in [3.05, 3.63) is 23.3 Å². The van der Waals surface area contributed by atoms with Crippen molar-refractivity contribution in [2.45, 2.75) is 51.7 Å². The van der Waals surface area contributed by atoms with Crippen molar-refractivity contribution in [1.29, 1.82) is 0 Å². The average molecular weight is 444 g/mol. The Kier molecular flexibility index (Phi) is 7.03. The predicted octanol–water partition coefficient (Wildman–Crippen LogP) is 0.554. The van der Waals surface area contributed by atoms with Crippen molar-refractivity contribution in [3.63, 3.8) is 0 Å². The summed E-state index contributed by atoms with van der Waals surface area (Å²) in [5, 5.41) is 32.1. The lowest BCUT2D eigenvalue weighted by molar-refractivity contribution is -0.114. The summed E-state index contributed by atoms with van der Waals surface area (Å²) in [6.45, 7) is 5.61. The van der Waals surface area contributed by atoms with Gasteiger partial charge in [0.05, 0.1) is 30.2 Å². The summed E-state index contributed by atoms with van der Waals surface area (Å²) in [5.41, 5.74) is 3.34. The Hall–Kier alpha value is -3.13. The smallest absolute Gasteiger partial charge is 0.326 e. The molecule has 0 spiro atoms. The lowest BCUT2D eigenvalue weighted by Gasteiger charge is -2.45. The van der Waals surface area contributed by atoms with Crippen molar-refractivity contribution >= 4 is 29.0 Å². The normalized spacial score (nSPS) is 20.3. The minimum Gasteiger partial charge on any atom is -0.462 e. The third-order valence-corrected chi connectivity index (χ3v) is 5.70. The molecule has 0 saturated carbocycles. The van der Waals surface area contributed by atoms with E-state index < -0.39 is 36.4 Å². The van der Waals surface area contributed by atoms with Crippen molar-refractivity contribution < 1.29 is 29.6 Å². The largest absolute Gasteiger partial charge is 0.462 e. The number of fused-ring (bicyclic) bond motifs is 2. The van der Waals surface area contributed by atoms with Gasteiger partial charge in [0.1, 0.15) is 17.9 Å². The zero-order chi connectivity index (χ0) is 23.6. The third kappa shape index (κ3) is 4.70. The van der Waals surface area contributed by atoms with Gasteiger partial charge in [0.2, 0.25) is 0 Å². The number of imide groups is 1. The Bertz CT molecular complexity index is 998. The fourth-order valence-electron chi connectivity index (χ4n) is 3.71. The number of carbonyl (C=O) groups excluding carboxylic acids is 2. The Balaban J connectivity index is 1.85. The van der Waals surface area contributed by atoms with Crippen molar-refractivity contribution in [2.75, 3.05) is 25.1 Å². The number of hydrogen-bond donors (Lipinski definition) is 4. The number of nitrogens with zero attached hydrogens (tertiary/aromatic N) is 3. The van der Waals surface area contributed by atoms with Crippen LogP contribution in [0.2, 0.25) is 0 Å². The fourth-order valence-corrected chi connectivity index (χ4v) is 3.71. The monoisotopic (exact) mass is 444 g/mol. The van der Waals surface area contributed by atoms with E-state index in [1.54, 1.807) is 25.0 Å². The van der Waals surface area contributed by atoms with E-state index >= 15 is 0 Å². The van der Waals surface area contributed by atoms with Crippen LogP contribution in [0.5, 0.6) is 0 Å². The summed E-state index contributed by atoms with van der Waals surface area (Å²) < 4.78 is 5.37. The first-order valence-electron chi connectivity index (χ1n) is 10.3. The molecule has 4 atom stereocenters. The predicted molar refractivity (Wildman–Crippen MR) is 117 cm³/mol. The highest BCUT2D eigenvalue weighted by Gasteiger charge is 2.44. The number of aryl methyl sites for hydroxylation is 2. The van der Waals surface area contributed by atoms with Crippen LogP contribution in [0.1, 0.15) is 24.5 Å². The van der Waals surface area contributed by atoms with Crippen molar-refractivity contribution in [1.82, 2.24) is 10.2 Å². The number of urea groups is 1.